The fraction of sp³-hybridized carbons (Fsp3) is 0.286. The number of hydrogen-bond donors (Lipinski definition) is 0. The lowest BCUT2D eigenvalue weighted by Gasteiger charge is -1.98. The van der Waals surface area contributed by atoms with E-state index in [1.807, 2.05) is 6.92 Å². The van der Waals surface area contributed by atoms with E-state index in [0.717, 1.165) is 10.7 Å². The number of carbonyl (C=O) groups is 1. The molecular weight excluding hydrogens is 160 g/mol. The molecule has 0 radical (unpaired) electrons. The van der Waals surface area contributed by atoms with E-state index in [1.165, 1.54) is 11.3 Å². The minimum atomic E-state index is -0.142. The second kappa shape index (κ2) is 2.23. The van der Waals surface area contributed by atoms with Crippen LogP contribution in [0.25, 0.3) is 0 Å². The van der Waals surface area contributed by atoms with Crippen LogP contribution in [0.4, 0.5) is 0 Å². The van der Waals surface area contributed by atoms with E-state index in [4.69, 9.17) is 0 Å². The standard InChI is InChI=1S/C7H6N2OS/c1-4-9-5-2-3-8-7(10)6(5)11-4/h3H,2H2,1H3. The second-order valence-corrected chi connectivity index (χ2v) is 3.53. The van der Waals surface area contributed by atoms with Crippen LogP contribution >= 0.6 is 11.3 Å². The molecule has 2 heterocycles. The predicted octanol–water partition coefficient (Wildman–Crippen LogP) is 1.22. The Morgan fingerprint density at radius 3 is 3.18 bits per heavy atom. The van der Waals surface area contributed by atoms with Crippen LogP contribution in [0.2, 0.25) is 0 Å². The van der Waals surface area contributed by atoms with Crippen LogP contribution in [0.3, 0.4) is 0 Å². The Bertz CT molecular complexity index is 340. The summed E-state index contributed by atoms with van der Waals surface area (Å²) in [6, 6.07) is 0. The fourth-order valence-corrected chi connectivity index (χ4v) is 1.89. The van der Waals surface area contributed by atoms with Crippen LogP contribution in [-0.2, 0) is 6.42 Å². The first-order chi connectivity index (χ1) is 5.27. The van der Waals surface area contributed by atoms with Gasteiger partial charge in [0, 0.05) is 12.6 Å². The Morgan fingerprint density at radius 1 is 1.64 bits per heavy atom. The molecule has 0 atom stereocenters. The van der Waals surface area contributed by atoms with Crippen molar-refractivity contribution in [3.63, 3.8) is 0 Å². The van der Waals surface area contributed by atoms with E-state index in [0.29, 0.717) is 11.3 Å². The molecule has 56 valence electrons. The van der Waals surface area contributed by atoms with E-state index in [1.54, 1.807) is 6.21 Å². The summed E-state index contributed by atoms with van der Waals surface area (Å²) >= 11 is 1.42. The molecule has 11 heavy (non-hydrogen) atoms. The highest BCUT2D eigenvalue weighted by molar-refractivity contribution is 7.13. The van der Waals surface area contributed by atoms with Gasteiger partial charge in [-0.1, -0.05) is 0 Å². The van der Waals surface area contributed by atoms with Crippen molar-refractivity contribution in [1.29, 1.82) is 0 Å². The summed E-state index contributed by atoms with van der Waals surface area (Å²) in [7, 11) is 0. The Balaban J connectivity index is 2.58. The van der Waals surface area contributed by atoms with E-state index in [-0.39, 0.29) is 5.91 Å². The van der Waals surface area contributed by atoms with Crippen molar-refractivity contribution in [2.45, 2.75) is 13.3 Å². The molecule has 1 aliphatic rings. The van der Waals surface area contributed by atoms with Gasteiger partial charge in [-0.15, -0.1) is 11.3 Å². The molecule has 0 bridgehead atoms. The summed E-state index contributed by atoms with van der Waals surface area (Å²) in [6.07, 6.45) is 2.31. The van der Waals surface area contributed by atoms with Crippen molar-refractivity contribution in [2.75, 3.05) is 0 Å². The van der Waals surface area contributed by atoms with E-state index in [2.05, 4.69) is 9.98 Å². The monoisotopic (exact) mass is 166 g/mol. The van der Waals surface area contributed by atoms with Crippen molar-refractivity contribution in [1.82, 2.24) is 4.98 Å². The Morgan fingerprint density at radius 2 is 2.45 bits per heavy atom. The summed E-state index contributed by atoms with van der Waals surface area (Å²) in [4.78, 5) is 19.7. The highest BCUT2D eigenvalue weighted by Gasteiger charge is 2.17. The smallest absolute Gasteiger partial charge is 0.266 e. The molecular formula is C7H6N2OS. The molecule has 0 aliphatic carbocycles. The molecule has 1 aromatic rings. The summed E-state index contributed by atoms with van der Waals surface area (Å²) in [5.41, 5.74) is 0.882. The fourth-order valence-electron chi connectivity index (χ4n) is 1.05. The Labute approximate surface area is 67.8 Å². The molecule has 4 heteroatoms. The van der Waals surface area contributed by atoms with Gasteiger partial charge in [-0.3, -0.25) is 4.79 Å². The zero-order valence-corrected chi connectivity index (χ0v) is 6.81. The molecule has 0 saturated heterocycles. The highest BCUT2D eigenvalue weighted by Crippen LogP contribution is 2.21. The van der Waals surface area contributed by atoms with E-state index in [9.17, 15) is 4.79 Å². The lowest BCUT2D eigenvalue weighted by Crippen LogP contribution is -2.05. The first-order valence-corrected chi connectivity index (χ1v) is 4.12. The number of aromatic nitrogens is 1. The molecule has 1 aromatic heterocycles. The molecule has 0 saturated carbocycles. The molecule has 0 fully saturated rings. The zero-order chi connectivity index (χ0) is 7.84. The summed E-state index contributed by atoms with van der Waals surface area (Å²) in [5, 5.41) is 0.939. The van der Waals surface area contributed by atoms with Crippen LogP contribution in [0, 0.1) is 6.92 Å². The number of hydrogen-bond acceptors (Lipinski definition) is 3. The molecule has 0 aromatic carbocycles. The van der Waals surface area contributed by atoms with Crippen molar-refractivity contribution >= 4 is 23.5 Å². The number of fused-ring (bicyclic) bond motifs is 1. The number of nitrogens with zero attached hydrogens (tertiary/aromatic N) is 2. The minimum absolute atomic E-state index is 0.142. The zero-order valence-electron chi connectivity index (χ0n) is 6.00. The molecule has 2 rings (SSSR count). The SMILES string of the molecule is Cc1nc2c(s1)C(=O)N=CC2. The van der Waals surface area contributed by atoms with Gasteiger partial charge in [-0.25, -0.2) is 9.98 Å². The van der Waals surface area contributed by atoms with Crippen LogP contribution in [0.5, 0.6) is 0 Å². The average molecular weight is 166 g/mol. The largest absolute Gasteiger partial charge is 0.288 e. The molecule has 0 unspecified atom stereocenters. The quantitative estimate of drug-likeness (QED) is 0.581. The maximum atomic E-state index is 11.1. The predicted molar refractivity (Wildman–Crippen MR) is 43.4 cm³/mol. The number of aryl methyl sites for hydroxylation is 1. The molecule has 0 spiro atoms. The Hall–Kier alpha value is -1.03. The first-order valence-electron chi connectivity index (χ1n) is 3.30. The first kappa shape index (κ1) is 6.67. The lowest BCUT2D eigenvalue weighted by atomic mass is 10.2. The van der Waals surface area contributed by atoms with Gasteiger partial charge in [0.2, 0.25) is 0 Å². The summed E-state index contributed by atoms with van der Waals surface area (Å²) in [6.45, 7) is 1.90. The van der Waals surface area contributed by atoms with Gasteiger partial charge in [-0.2, -0.15) is 0 Å². The molecule has 1 aliphatic heterocycles. The third-order valence-corrected chi connectivity index (χ3v) is 2.49. The van der Waals surface area contributed by atoms with Crippen LogP contribution in [-0.4, -0.2) is 17.1 Å². The third-order valence-electron chi connectivity index (χ3n) is 1.49. The van der Waals surface area contributed by atoms with Gasteiger partial charge in [0.1, 0.15) is 4.88 Å². The highest BCUT2D eigenvalue weighted by atomic mass is 32.1. The van der Waals surface area contributed by atoms with Gasteiger partial charge >= 0.3 is 0 Å². The maximum absolute atomic E-state index is 11.1. The third kappa shape index (κ3) is 0.991. The van der Waals surface area contributed by atoms with E-state index >= 15 is 0 Å². The number of thiazole rings is 1. The van der Waals surface area contributed by atoms with Gasteiger partial charge < -0.3 is 0 Å². The number of amides is 1. The topological polar surface area (TPSA) is 42.3 Å². The summed E-state index contributed by atoms with van der Waals surface area (Å²) < 4.78 is 0. The van der Waals surface area contributed by atoms with Gasteiger partial charge in [0.15, 0.2) is 0 Å². The van der Waals surface area contributed by atoms with Gasteiger partial charge in [0.05, 0.1) is 10.7 Å². The van der Waals surface area contributed by atoms with Gasteiger partial charge in [-0.05, 0) is 6.92 Å². The van der Waals surface area contributed by atoms with Crippen molar-refractivity contribution in [3.8, 4) is 0 Å². The Kier molecular flexibility index (Phi) is 1.35. The van der Waals surface area contributed by atoms with Crippen LogP contribution in [0.15, 0.2) is 4.99 Å². The molecule has 1 amide bonds. The molecule has 3 nitrogen and oxygen atoms in total. The van der Waals surface area contributed by atoms with Crippen LogP contribution in [0.1, 0.15) is 20.4 Å². The van der Waals surface area contributed by atoms with E-state index < -0.39 is 0 Å². The average Bonchev–Trinajstić information content (AvgIpc) is 2.31. The lowest BCUT2D eigenvalue weighted by molar-refractivity contribution is 0.100. The number of carbonyl (C=O) groups excluding carboxylic acids is 1. The van der Waals surface area contributed by atoms with Crippen molar-refractivity contribution in [2.24, 2.45) is 4.99 Å². The molecule has 0 N–H and O–H groups in total. The minimum Gasteiger partial charge on any atom is -0.266 e. The van der Waals surface area contributed by atoms with Gasteiger partial charge in [0.25, 0.3) is 5.91 Å². The normalized spacial score (nSPS) is 15.2. The van der Waals surface area contributed by atoms with Crippen molar-refractivity contribution < 1.29 is 4.79 Å². The second-order valence-electron chi connectivity index (χ2n) is 2.33. The maximum Gasteiger partial charge on any atom is 0.288 e. The number of aliphatic imine (C=N–C) groups is 1. The number of rotatable bonds is 0. The summed E-state index contributed by atoms with van der Waals surface area (Å²) in [5.74, 6) is -0.142. The van der Waals surface area contributed by atoms with Crippen LogP contribution < -0.4 is 0 Å². The van der Waals surface area contributed by atoms with Crippen molar-refractivity contribution in [3.05, 3.63) is 15.6 Å².